The van der Waals surface area contributed by atoms with Gasteiger partial charge in [0.25, 0.3) is 5.91 Å². The number of carbonyl (C=O) groups excluding carboxylic acids is 1. The van der Waals surface area contributed by atoms with Crippen LogP contribution >= 0.6 is 11.6 Å². The maximum absolute atomic E-state index is 12.5. The zero-order valence-electron chi connectivity index (χ0n) is 14.6. The van der Waals surface area contributed by atoms with Crippen molar-refractivity contribution < 1.29 is 13.2 Å². The molecule has 0 aliphatic heterocycles. The quantitative estimate of drug-likeness (QED) is 0.683. The average molecular weight is 404 g/mol. The van der Waals surface area contributed by atoms with Gasteiger partial charge in [0.15, 0.2) is 0 Å². The van der Waals surface area contributed by atoms with Crippen LogP contribution in [0, 0.1) is 6.92 Å². The van der Waals surface area contributed by atoms with Crippen LogP contribution in [0.4, 0.5) is 0 Å². The molecule has 0 unspecified atom stereocenters. The van der Waals surface area contributed by atoms with E-state index >= 15 is 0 Å². The van der Waals surface area contributed by atoms with Gasteiger partial charge in [-0.25, -0.2) is 13.6 Å². The second kappa shape index (κ2) is 7.64. The molecular weight excluding hydrogens is 386 g/mol. The van der Waals surface area contributed by atoms with Gasteiger partial charge in [0.1, 0.15) is 0 Å². The fraction of sp³-hybridized carbons (Fsp3) is 0.158. The van der Waals surface area contributed by atoms with Crippen molar-refractivity contribution in [3.8, 4) is 0 Å². The average Bonchev–Trinajstić information content (AvgIpc) is 2.61. The summed E-state index contributed by atoms with van der Waals surface area (Å²) in [6, 6.07) is 13.4. The van der Waals surface area contributed by atoms with Crippen LogP contribution in [0.2, 0.25) is 5.02 Å². The molecule has 8 heteroatoms. The third kappa shape index (κ3) is 4.63. The molecule has 2 aromatic carbocycles. The van der Waals surface area contributed by atoms with Gasteiger partial charge in [0.05, 0.1) is 21.7 Å². The van der Waals surface area contributed by atoms with E-state index < -0.39 is 10.0 Å². The van der Waals surface area contributed by atoms with Crippen LogP contribution in [0.1, 0.15) is 21.6 Å². The van der Waals surface area contributed by atoms with Crippen molar-refractivity contribution in [2.45, 2.75) is 18.2 Å². The molecule has 3 aromatic rings. The van der Waals surface area contributed by atoms with E-state index in [2.05, 4.69) is 10.3 Å². The van der Waals surface area contributed by atoms with Gasteiger partial charge in [-0.05, 0) is 55.3 Å². The highest BCUT2D eigenvalue weighted by atomic mass is 35.5. The number of fused-ring (bicyclic) bond motifs is 1. The molecule has 3 N–H and O–H groups in total. The zero-order valence-corrected chi connectivity index (χ0v) is 16.1. The van der Waals surface area contributed by atoms with Crippen molar-refractivity contribution in [2.75, 3.05) is 6.54 Å². The summed E-state index contributed by atoms with van der Waals surface area (Å²) in [4.78, 5) is 17.0. The summed E-state index contributed by atoms with van der Waals surface area (Å²) in [5.74, 6) is -0.219. The lowest BCUT2D eigenvalue weighted by atomic mass is 10.1. The minimum atomic E-state index is -3.70. The van der Waals surface area contributed by atoms with E-state index in [4.69, 9.17) is 16.7 Å². The summed E-state index contributed by atoms with van der Waals surface area (Å²) in [6.07, 6.45) is 0.558. The number of halogens is 1. The predicted molar refractivity (Wildman–Crippen MR) is 105 cm³/mol. The number of primary sulfonamides is 1. The van der Waals surface area contributed by atoms with Crippen molar-refractivity contribution in [1.29, 1.82) is 0 Å². The Labute approximate surface area is 162 Å². The monoisotopic (exact) mass is 403 g/mol. The number of pyridine rings is 1. The highest BCUT2D eigenvalue weighted by Crippen LogP contribution is 2.20. The van der Waals surface area contributed by atoms with Crippen LogP contribution < -0.4 is 10.5 Å². The Morgan fingerprint density at radius 1 is 1.15 bits per heavy atom. The number of hydrogen-bond acceptors (Lipinski definition) is 4. The third-order valence-electron chi connectivity index (χ3n) is 4.16. The molecule has 0 atom stereocenters. The number of nitrogens with zero attached hydrogens (tertiary/aromatic N) is 1. The van der Waals surface area contributed by atoms with Crippen molar-refractivity contribution in [3.63, 3.8) is 0 Å². The smallest absolute Gasteiger partial charge is 0.253 e. The molecule has 1 aromatic heterocycles. The molecule has 6 nitrogen and oxygen atoms in total. The molecule has 0 bridgehead atoms. The van der Waals surface area contributed by atoms with E-state index in [9.17, 15) is 13.2 Å². The molecule has 0 aliphatic rings. The molecule has 3 rings (SSSR count). The molecule has 0 fully saturated rings. The van der Waals surface area contributed by atoms with E-state index in [1.54, 1.807) is 37.3 Å². The summed E-state index contributed by atoms with van der Waals surface area (Å²) in [6.45, 7) is 2.19. The number of amides is 1. The van der Waals surface area contributed by atoms with Crippen molar-refractivity contribution in [1.82, 2.24) is 10.3 Å². The highest BCUT2D eigenvalue weighted by molar-refractivity contribution is 7.89. The maximum atomic E-state index is 12.5. The number of nitrogens with two attached hydrogens (primary N) is 1. The summed E-state index contributed by atoms with van der Waals surface area (Å²) in [7, 11) is -3.70. The third-order valence-corrected chi connectivity index (χ3v) is 5.33. The van der Waals surface area contributed by atoms with Crippen LogP contribution in [0.5, 0.6) is 0 Å². The van der Waals surface area contributed by atoms with Crippen molar-refractivity contribution in [2.24, 2.45) is 5.14 Å². The largest absolute Gasteiger partial charge is 0.352 e. The Morgan fingerprint density at radius 3 is 2.52 bits per heavy atom. The molecule has 0 saturated heterocycles. The zero-order chi connectivity index (χ0) is 19.6. The predicted octanol–water partition coefficient (Wildman–Crippen LogP) is 2.82. The lowest BCUT2D eigenvalue weighted by Gasteiger charge is -2.09. The highest BCUT2D eigenvalue weighted by Gasteiger charge is 2.12. The Morgan fingerprint density at radius 2 is 1.85 bits per heavy atom. The molecule has 27 heavy (non-hydrogen) atoms. The van der Waals surface area contributed by atoms with Crippen LogP contribution in [-0.4, -0.2) is 25.9 Å². The van der Waals surface area contributed by atoms with E-state index in [0.717, 1.165) is 16.5 Å². The molecule has 0 radical (unpaired) electrons. The lowest BCUT2D eigenvalue weighted by Crippen LogP contribution is -2.26. The first-order valence-corrected chi connectivity index (χ1v) is 10.1. The Balaban J connectivity index is 1.67. The Bertz CT molecular complexity index is 1110. The van der Waals surface area contributed by atoms with Crippen molar-refractivity contribution in [3.05, 3.63) is 70.4 Å². The molecule has 1 amide bonds. The van der Waals surface area contributed by atoms with Crippen LogP contribution in [0.25, 0.3) is 10.9 Å². The Kier molecular flexibility index (Phi) is 5.46. The van der Waals surface area contributed by atoms with E-state index in [1.807, 2.05) is 6.07 Å². The first-order valence-electron chi connectivity index (χ1n) is 8.21. The molecule has 0 saturated carbocycles. The lowest BCUT2D eigenvalue weighted by molar-refractivity contribution is 0.0953. The number of carbonyl (C=O) groups is 1. The number of nitrogens with one attached hydrogen (secondary N) is 1. The van der Waals surface area contributed by atoms with E-state index in [0.29, 0.717) is 29.2 Å². The first kappa shape index (κ1) is 19.3. The number of benzene rings is 2. The fourth-order valence-corrected chi connectivity index (χ4v) is 3.43. The summed E-state index contributed by atoms with van der Waals surface area (Å²) < 4.78 is 22.5. The standard InChI is InChI=1S/C19H18ClN3O3S/c1-12-17(11-14-10-15(20)4-7-18(14)23-12)19(24)22-9-8-13-2-5-16(6-3-13)27(21,25)26/h2-7,10-11H,8-9H2,1H3,(H,22,24)(H2,21,25,26). The number of rotatable bonds is 5. The van der Waals surface area contributed by atoms with Crippen molar-refractivity contribution >= 4 is 38.4 Å². The normalized spacial score (nSPS) is 11.5. The molecule has 0 aliphatic carbocycles. The molecule has 0 spiro atoms. The minimum absolute atomic E-state index is 0.0619. The second-order valence-electron chi connectivity index (χ2n) is 6.15. The summed E-state index contributed by atoms with van der Waals surface area (Å²) in [5.41, 5.74) is 2.81. The van der Waals surface area contributed by atoms with Gasteiger partial charge in [-0.3, -0.25) is 9.78 Å². The SMILES string of the molecule is Cc1nc2ccc(Cl)cc2cc1C(=O)NCCc1ccc(S(N)(=O)=O)cc1. The number of sulfonamides is 1. The summed E-state index contributed by atoms with van der Waals surface area (Å²) in [5, 5.41) is 9.32. The molecule has 1 heterocycles. The molecule has 140 valence electrons. The van der Waals surface area contributed by atoms with Gasteiger partial charge < -0.3 is 5.32 Å². The number of aryl methyl sites for hydroxylation is 1. The fourth-order valence-electron chi connectivity index (χ4n) is 2.73. The van der Waals surface area contributed by atoms with Gasteiger partial charge in [-0.15, -0.1) is 0 Å². The Hall–Kier alpha value is -2.48. The second-order valence-corrected chi connectivity index (χ2v) is 8.15. The molecular formula is C19H18ClN3O3S. The summed E-state index contributed by atoms with van der Waals surface area (Å²) >= 11 is 6.01. The van der Waals surface area contributed by atoms with Crippen LogP contribution in [0.15, 0.2) is 53.4 Å². The van der Waals surface area contributed by atoms with Gasteiger partial charge >= 0.3 is 0 Å². The van der Waals surface area contributed by atoms with Gasteiger partial charge in [0.2, 0.25) is 10.0 Å². The van der Waals surface area contributed by atoms with E-state index in [1.165, 1.54) is 12.1 Å². The topological polar surface area (TPSA) is 102 Å². The first-order chi connectivity index (χ1) is 12.7. The van der Waals surface area contributed by atoms with Gasteiger partial charge in [-0.2, -0.15) is 0 Å². The van der Waals surface area contributed by atoms with E-state index in [-0.39, 0.29) is 10.8 Å². The minimum Gasteiger partial charge on any atom is -0.352 e. The number of hydrogen-bond donors (Lipinski definition) is 2. The number of aromatic nitrogens is 1. The van der Waals surface area contributed by atoms with Crippen LogP contribution in [0.3, 0.4) is 0 Å². The van der Waals surface area contributed by atoms with Gasteiger partial charge in [-0.1, -0.05) is 23.7 Å². The maximum Gasteiger partial charge on any atom is 0.253 e. The van der Waals surface area contributed by atoms with Gasteiger partial charge in [0, 0.05) is 17.0 Å². The van der Waals surface area contributed by atoms with Crippen LogP contribution in [-0.2, 0) is 16.4 Å².